The van der Waals surface area contributed by atoms with Crippen molar-refractivity contribution in [2.45, 2.75) is 31.0 Å². The van der Waals surface area contributed by atoms with E-state index in [1.807, 2.05) is 0 Å². The summed E-state index contributed by atoms with van der Waals surface area (Å²) in [6.45, 7) is 5.21. The summed E-state index contributed by atoms with van der Waals surface area (Å²) in [5.41, 5.74) is 0.432. The second kappa shape index (κ2) is 7.06. The summed E-state index contributed by atoms with van der Waals surface area (Å²) in [5, 5.41) is 0. The minimum absolute atomic E-state index is 0.0427. The van der Waals surface area contributed by atoms with Gasteiger partial charge in [-0.05, 0) is 42.5 Å². The molecule has 0 saturated carbocycles. The van der Waals surface area contributed by atoms with Crippen molar-refractivity contribution in [2.75, 3.05) is 13.1 Å². The normalized spacial score (nSPS) is 23.3. The van der Waals surface area contributed by atoms with Gasteiger partial charge in [-0.15, -0.1) is 11.3 Å². The molecule has 2 amide bonds. The van der Waals surface area contributed by atoms with Crippen LogP contribution in [0.4, 0.5) is 0 Å². The molecule has 0 spiro atoms. The first-order chi connectivity index (χ1) is 13.3. The van der Waals surface area contributed by atoms with Crippen molar-refractivity contribution in [2.24, 2.45) is 11.8 Å². The summed E-state index contributed by atoms with van der Waals surface area (Å²) in [4.78, 5) is 30.7. The Labute approximate surface area is 168 Å². The van der Waals surface area contributed by atoms with Gasteiger partial charge in [-0.2, -0.15) is 4.31 Å². The van der Waals surface area contributed by atoms with Crippen LogP contribution in [0.3, 0.4) is 0 Å². The molecule has 1 saturated heterocycles. The predicted molar refractivity (Wildman–Crippen MR) is 104 cm³/mol. The Morgan fingerprint density at radius 2 is 1.82 bits per heavy atom. The van der Waals surface area contributed by atoms with Gasteiger partial charge in [0.05, 0.1) is 12.1 Å². The maximum Gasteiger partial charge on any atom is 0.280 e. The number of carbonyl (C=O) groups excluding carboxylic acids is 2. The van der Waals surface area contributed by atoms with Gasteiger partial charge in [-0.1, -0.05) is 13.8 Å². The van der Waals surface area contributed by atoms with Gasteiger partial charge in [0.15, 0.2) is 0 Å². The van der Waals surface area contributed by atoms with E-state index in [0.29, 0.717) is 29.8 Å². The van der Waals surface area contributed by atoms with Crippen molar-refractivity contribution < 1.29 is 18.0 Å². The highest BCUT2D eigenvalue weighted by Gasteiger charge is 2.37. The van der Waals surface area contributed by atoms with Crippen LogP contribution in [0.25, 0.3) is 0 Å². The summed E-state index contributed by atoms with van der Waals surface area (Å²) in [6.07, 6.45) is 2.50. The first-order valence-corrected chi connectivity index (χ1v) is 11.4. The summed E-state index contributed by atoms with van der Waals surface area (Å²) >= 11 is 1.11. The lowest BCUT2D eigenvalue weighted by molar-refractivity contribution is 0.0642. The minimum Gasteiger partial charge on any atom is -0.268 e. The molecule has 2 aromatic rings. The number of imide groups is 1. The number of pyridine rings is 1. The summed E-state index contributed by atoms with van der Waals surface area (Å²) in [6, 6.07) is 6.43. The van der Waals surface area contributed by atoms with Crippen molar-refractivity contribution >= 4 is 33.2 Å². The number of carbonyl (C=O) groups is 2. The topological polar surface area (TPSA) is 87.7 Å². The lowest BCUT2D eigenvalue weighted by Gasteiger charge is -2.33. The van der Waals surface area contributed by atoms with Crippen LogP contribution in [0.2, 0.25) is 0 Å². The number of hydrogen-bond donors (Lipinski definition) is 0. The van der Waals surface area contributed by atoms with Gasteiger partial charge in [0.25, 0.3) is 21.8 Å². The lowest BCUT2D eigenvalue weighted by Crippen LogP contribution is -2.42. The Bertz CT molecular complexity index is 1000. The number of sulfonamides is 1. The van der Waals surface area contributed by atoms with Crippen molar-refractivity contribution in [3.05, 3.63) is 46.6 Å². The number of piperidine rings is 1. The third-order valence-corrected chi connectivity index (χ3v) is 8.48. The lowest BCUT2D eigenvalue weighted by atomic mass is 9.94. The van der Waals surface area contributed by atoms with Crippen molar-refractivity contribution in [1.29, 1.82) is 0 Å². The largest absolute Gasteiger partial charge is 0.280 e. The zero-order valence-corrected chi connectivity index (χ0v) is 17.3. The van der Waals surface area contributed by atoms with Crippen LogP contribution < -0.4 is 0 Å². The minimum atomic E-state index is -3.57. The molecule has 2 atom stereocenters. The van der Waals surface area contributed by atoms with Gasteiger partial charge in [-0.25, -0.2) is 8.42 Å². The molecule has 0 radical (unpaired) electrons. The SMILES string of the molecule is CC1CC(C)CN(S(=O)(=O)c2ccc(CN3C(=O)c4cccnc4C3=O)s2)C1. The van der Waals surface area contributed by atoms with E-state index in [4.69, 9.17) is 0 Å². The molecule has 0 aromatic carbocycles. The Hall–Kier alpha value is -2.10. The van der Waals surface area contributed by atoms with E-state index >= 15 is 0 Å². The van der Waals surface area contributed by atoms with E-state index in [0.717, 1.165) is 22.7 Å². The van der Waals surface area contributed by atoms with Gasteiger partial charge in [0.1, 0.15) is 9.90 Å². The molecule has 9 heteroatoms. The molecule has 2 aromatic heterocycles. The second-order valence-electron chi connectivity index (χ2n) is 7.58. The van der Waals surface area contributed by atoms with Gasteiger partial charge < -0.3 is 0 Å². The van der Waals surface area contributed by atoms with E-state index in [1.54, 1.807) is 28.6 Å². The van der Waals surface area contributed by atoms with Crippen LogP contribution in [0.5, 0.6) is 0 Å². The quantitative estimate of drug-likeness (QED) is 0.711. The monoisotopic (exact) mass is 419 g/mol. The fourth-order valence-electron chi connectivity index (χ4n) is 3.92. The third kappa shape index (κ3) is 3.27. The molecule has 148 valence electrons. The fraction of sp³-hybridized carbons (Fsp3) is 0.421. The number of aromatic nitrogens is 1. The van der Waals surface area contributed by atoms with Gasteiger partial charge in [0.2, 0.25) is 0 Å². The molecule has 2 unspecified atom stereocenters. The number of thiophene rings is 1. The highest BCUT2D eigenvalue weighted by Crippen LogP contribution is 2.31. The molecule has 0 N–H and O–H groups in total. The van der Waals surface area contributed by atoms with E-state index in [9.17, 15) is 18.0 Å². The molecular weight excluding hydrogens is 398 g/mol. The molecule has 4 heterocycles. The van der Waals surface area contributed by atoms with E-state index in [-0.39, 0.29) is 22.0 Å². The summed E-state index contributed by atoms with van der Waals surface area (Å²) in [5.74, 6) is -0.200. The highest BCUT2D eigenvalue weighted by molar-refractivity contribution is 7.91. The average Bonchev–Trinajstić information content (AvgIpc) is 3.21. The summed E-state index contributed by atoms with van der Waals surface area (Å²) < 4.78 is 27.8. The average molecular weight is 420 g/mol. The molecule has 2 aliphatic rings. The zero-order chi connectivity index (χ0) is 20.1. The van der Waals surface area contributed by atoms with Crippen LogP contribution >= 0.6 is 11.3 Å². The van der Waals surface area contributed by atoms with Crippen molar-refractivity contribution in [3.63, 3.8) is 0 Å². The number of fused-ring (bicyclic) bond motifs is 1. The molecule has 0 bridgehead atoms. The molecule has 1 fully saturated rings. The Morgan fingerprint density at radius 3 is 2.50 bits per heavy atom. The van der Waals surface area contributed by atoms with Crippen molar-refractivity contribution in [1.82, 2.24) is 14.2 Å². The molecule has 2 aliphatic heterocycles. The first-order valence-electron chi connectivity index (χ1n) is 9.17. The number of hydrogen-bond acceptors (Lipinski definition) is 6. The maximum atomic E-state index is 13.0. The standard InChI is InChI=1S/C19H21N3O4S2/c1-12-8-13(2)10-21(9-12)28(25,26)16-6-5-14(27-16)11-22-18(23)15-4-3-7-20-17(15)19(22)24/h3-7,12-13H,8-11H2,1-2H3. The third-order valence-electron chi connectivity index (χ3n) is 5.11. The second-order valence-corrected chi connectivity index (χ2v) is 10.9. The molecule has 7 nitrogen and oxygen atoms in total. The highest BCUT2D eigenvalue weighted by atomic mass is 32.2. The van der Waals surface area contributed by atoms with E-state index in [2.05, 4.69) is 18.8 Å². The van der Waals surface area contributed by atoms with Crippen LogP contribution in [0.1, 0.15) is 46.0 Å². The fourth-order valence-corrected chi connectivity index (χ4v) is 7.10. The predicted octanol–water partition coefficient (Wildman–Crippen LogP) is 2.61. The Balaban J connectivity index is 1.54. The molecule has 0 aliphatic carbocycles. The van der Waals surface area contributed by atoms with Crippen LogP contribution in [0.15, 0.2) is 34.7 Å². The van der Waals surface area contributed by atoms with Gasteiger partial charge in [-0.3, -0.25) is 19.5 Å². The van der Waals surface area contributed by atoms with Crippen LogP contribution in [-0.2, 0) is 16.6 Å². The Kier molecular flexibility index (Phi) is 4.84. The van der Waals surface area contributed by atoms with E-state index in [1.165, 1.54) is 6.20 Å². The first kappa shape index (κ1) is 19.2. The van der Waals surface area contributed by atoms with Gasteiger partial charge in [0, 0.05) is 24.2 Å². The molecular formula is C19H21N3O4S2. The number of rotatable bonds is 4. The smallest absolute Gasteiger partial charge is 0.268 e. The van der Waals surface area contributed by atoms with Crippen LogP contribution in [0, 0.1) is 11.8 Å². The van der Waals surface area contributed by atoms with Gasteiger partial charge >= 0.3 is 0 Å². The Morgan fingerprint density at radius 1 is 1.11 bits per heavy atom. The molecule has 4 rings (SSSR count). The summed E-state index contributed by atoms with van der Waals surface area (Å²) in [7, 11) is -3.57. The number of nitrogens with zero attached hydrogens (tertiary/aromatic N) is 3. The van der Waals surface area contributed by atoms with Crippen molar-refractivity contribution in [3.8, 4) is 0 Å². The van der Waals surface area contributed by atoms with E-state index < -0.39 is 21.8 Å². The zero-order valence-electron chi connectivity index (χ0n) is 15.7. The molecule has 28 heavy (non-hydrogen) atoms. The maximum absolute atomic E-state index is 13.0. The van der Waals surface area contributed by atoms with Crippen LogP contribution in [-0.4, -0.2) is 47.5 Å². The number of amides is 2.